The van der Waals surface area contributed by atoms with E-state index in [0.717, 1.165) is 10.0 Å². The van der Waals surface area contributed by atoms with Crippen LogP contribution < -0.4 is 10.6 Å². The second-order valence-electron chi connectivity index (χ2n) is 4.49. The molecule has 21 heavy (non-hydrogen) atoms. The third kappa shape index (κ3) is 5.39. The minimum atomic E-state index is -0.331. The van der Waals surface area contributed by atoms with Gasteiger partial charge in [0.25, 0.3) is 0 Å². The first kappa shape index (κ1) is 15.3. The molecule has 2 aromatic carbocycles. The fourth-order valence-electron chi connectivity index (χ4n) is 1.74. The zero-order chi connectivity index (χ0) is 15.1. The molecule has 0 bridgehead atoms. The van der Waals surface area contributed by atoms with Gasteiger partial charge in [0, 0.05) is 16.7 Å². The molecule has 0 spiro atoms. The van der Waals surface area contributed by atoms with Crippen LogP contribution in [0.15, 0.2) is 59.1 Å². The van der Waals surface area contributed by atoms with E-state index >= 15 is 0 Å². The summed E-state index contributed by atoms with van der Waals surface area (Å²) < 4.78 is 0.932. The summed E-state index contributed by atoms with van der Waals surface area (Å²) in [5.74, 6) is -0.628. The molecule has 5 heteroatoms. The largest absolute Gasteiger partial charge is 0.352 e. The van der Waals surface area contributed by atoms with Gasteiger partial charge in [0.05, 0.1) is 0 Å². The van der Waals surface area contributed by atoms with Crippen LogP contribution in [0.5, 0.6) is 0 Å². The maximum absolute atomic E-state index is 11.7. The second-order valence-corrected chi connectivity index (χ2v) is 5.41. The van der Waals surface area contributed by atoms with E-state index in [1.165, 1.54) is 0 Å². The van der Waals surface area contributed by atoms with Gasteiger partial charge in [0.15, 0.2) is 0 Å². The first-order valence-electron chi connectivity index (χ1n) is 6.49. The number of carbonyl (C=O) groups is 2. The Morgan fingerprint density at radius 1 is 0.905 bits per heavy atom. The number of benzene rings is 2. The lowest BCUT2D eigenvalue weighted by molar-refractivity contribution is -0.126. The van der Waals surface area contributed by atoms with Gasteiger partial charge in [0.2, 0.25) is 11.8 Å². The third-order valence-electron chi connectivity index (χ3n) is 2.78. The molecule has 0 saturated carbocycles. The molecule has 0 unspecified atom stereocenters. The normalized spacial score (nSPS) is 9.95. The summed E-state index contributed by atoms with van der Waals surface area (Å²) in [7, 11) is 0. The molecule has 0 radical (unpaired) electrons. The van der Waals surface area contributed by atoms with Crippen LogP contribution in [0.4, 0.5) is 5.69 Å². The topological polar surface area (TPSA) is 58.2 Å². The molecule has 0 aliphatic carbocycles. The third-order valence-corrected chi connectivity index (χ3v) is 3.31. The fourth-order valence-corrected chi connectivity index (χ4v) is 2.01. The lowest BCUT2D eigenvalue weighted by Gasteiger charge is -2.07. The van der Waals surface area contributed by atoms with Gasteiger partial charge in [-0.1, -0.05) is 46.3 Å². The van der Waals surface area contributed by atoms with Gasteiger partial charge < -0.3 is 10.6 Å². The Bertz CT molecular complexity index is 612. The minimum absolute atomic E-state index is 0.192. The number of hydrogen-bond donors (Lipinski definition) is 2. The molecule has 0 aliphatic heterocycles. The summed E-state index contributed by atoms with van der Waals surface area (Å²) in [4.78, 5) is 23.4. The molecular weight excluding hydrogens is 332 g/mol. The molecular formula is C16H15BrN2O2. The van der Waals surface area contributed by atoms with Crippen molar-refractivity contribution in [1.29, 1.82) is 0 Å². The number of halogens is 1. The van der Waals surface area contributed by atoms with Crippen molar-refractivity contribution in [2.45, 2.75) is 13.0 Å². The SMILES string of the molecule is O=C(CC(=O)Nc1ccc(Br)cc1)NCc1ccccc1. The molecule has 2 N–H and O–H groups in total. The summed E-state index contributed by atoms with van der Waals surface area (Å²) >= 11 is 3.32. The molecule has 0 fully saturated rings. The Hall–Kier alpha value is -2.14. The van der Waals surface area contributed by atoms with Crippen LogP contribution in [0.25, 0.3) is 0 Å². The quantitative estimate of drug-likeness (QED) is 0.817. The van der Waals surface area contributed by atoms with E-state index in [1.807, 2.05) is 42.5 Å². The van der Waals surface area contributed by atoms with E-state index in [1.54, 1.807) is 12.1 Å². The highest BCUT2D eigenvalue weighted by atomic mass is 79.9. The van der Waals surface area contributed by atoms with E-state index in [-0.39, 0.29) is 18.2 Å². The Kier molecular flexibility index (Phi) is 5.51. The summed E-state index contributed by atoms with van der Waals surface area (Å²) in [6.07, 6.45) is -0.192. The van der Waals surface area contributed by atoms with Crippen LogP contribution in [0, 0.1) is 0 Å². The smallest absolute Gasteiger partial charge is 0.233 e. The number of hydrogen-bond acceptors (Lipinski definition) is 2. The van der Waals surface area contributed by atoms with Gasteiger partial charge in [-0.2, -0.15) is 0 Å². The zero-order valence-electron chi connectivity index (χ0n) is 11.3. The van der Waals surface area contributed by atoms with E-state index in [4.69, 9.17) is 0 Å². The first-order valence-corrected chi connectivity index (χ1v) is 7.29. The molecule has 4 nitrogen and oxygen atoms in total. The second kappa shape index (κ2) is 7.59. The molecule has 108 valence electrons. The van der Waals surface area contributed by atoms with Crippen LogP contribution in [-0.4, -0.2) is 11.8 Å². The Morgan fingerprint density at radius 2 is 1.57 bits per heavy atom. The van der Waals surface area contributed by atoms with Crippen LogP contribution in [-0.2, 0) is 16.1 Å². The number of carbonyl (C=O) groups excluding carboxylic acids is 2. The Balaban J connectivity index is 1.77. The van der Waals surface area contributed by atoms with Crippen molar-refractivity contribution in [1.82, 2.24) is 5.32 Å². The monoisotopic (exact) mass is 346 g/mol. The molecule has 0 heterocycles. The molecule has 2 amide bonds. The molecule has 2 rings (SSSR count). The van der Waals surface area contributed by atoms with Crippen LogP contribution in [0.3, 0.4) is 0 Å². The van der Waals surface area contributed by atoms with E-state index in [0.29, 0.717) is 12.2 Å². The lowest BCUT2D eigenvalue weighted by atomic mass is 10.2. The Morgan fingerprint density at radius 3 is 2.24 bits per heavy atom. The molecule has 2 aromatic rings. The average molecular weight is 347 g/mol. The molecule has 0 atom stereocenters. The van der Waals surface area contributed by atoms with Crippen LogP contribution in [0.2, 0.25) is 0 Å². The zero-order valence-corrected chi connectivity index (χ0v) is 12.9. The average Bonchev–Trinajstić information content (AvgIpc) is 2.48. The molecule has 0 aliphatic rings. The van der Waals surface area contributed by atoms with Crippen molar-refractivity contribution in [2.24, 2.45) is 0 Å². The van der Waals surface area contributed by atoms with E-state index in [9.17, 15) is 9.59 Å². The van der Waals surface area contributed by atoms with Crippen LogP contribution >= 0.6 is 15.9 Å². The molecule has 0 saturated heterocycles. The minimum Gasteiger partial charge on any atom is -0.352 e. The Labute approximate surface area is 131 Å². The van der Waals surface area contributed by atoms with Crippen molar-refractivity contribution < 1.29 is 9.59 Å². The summed E-state index contributed by atoms with van der Waals surface area (Å²) in [5, 5.41) is 5.40. The van der Waals surface area contributed by atoms with Crippen molar-refractivity contribution >= 4 is 33.4 Å². The lowest BCUT2D eigenvalue weighted by Crippen LogP contribution is -2.27. The van der Waals surface area contributed by atoms with Crippen molar-refractivity contribution in [2.75, 3.05) is 5.32 Å². The number of rotatable bonds is 5. The van der Waals surface area contributed by atoms with Gasteiger partial charge >= 0.3 is 0 Å². The van der Waals surface area contributed by atoms with Gasteiger partial charge in [-0.05, 0) is 29.8 Å². The van der Waals surface area contributed by atoms with E-state index in [2.05, 4.69) is 26.6 Å². The highest BCUT2D eigenvalue weighted by molar-refractivity contribution is 9.10. The maximum atomic E-state index is 11.7. The van der Waals surface area contributed by atoms with Crippen molar-refractivity contribution in [3.8, 4) is 0 Å². The first-order chi connectivity index (χ1) is 10.1. The number of anilines is 1. The number of amides is 2. The molecule has 0 aromatic heterocycles. The van der Waals surface area contributed by atoms with Gasteiger partial charge in [-0.15, -0.1) is 0 Å². The van der Waals surface area contributed by atoms with Gasteiger partial charge in [0.1, 0.15) is 6.42 Å². The summed E-state index contributed by atoms with van der Waals surface area (Å²) in [6, 6.07) is 16.7. The summed E-state index contributed by atoms with van der Waals surface area (Å²) in [6.45, 7) is 0.422. The van der Waals surface area contributed by atoms with Crippen molar-refractivity contribution in [3.63, 3.8) is 0 Å². The summed E-state index contributed by atoms with van der Waals surface area (Å²) in [5.41, 5.74) is 1.67. The maximum Gasteiger partial charge on any atom is 0.233 e. The predicted molar refractivity (Wildman–Crippen MR) is 85.7 cm³/mol. The van der Waals surface area contributed by atoms with Crippen molar-refractivity contribution in [3.05, 3.63) is 64.6 Å². The highest BCUT2D eigenvalue weighted by Crippen LogP contribution is 2.14. The van der Waals surface area contributed by atoms with Gasteiger partial charge in [-0.3, -0.25) is 9.59 Å². The standard InChI is InChI=1S/C16H15BrN2O2/c17-13-6-8-14(9-7-13)19-16(21)10-15(20)18-11-12-4-2-1-3-5-12/h1-9H,10-11H2,(H,18,20)(H,19,21). The predicted octanol–water partition coefficient (Wildman–Crippen LogP) is 3.09. The fraction of sp³-hybridized carbons (Fsp3) is 0.125. The van der Waals surface area contributed by atoms with E-state index < -0.39 is 0 Å². The number of nitrogens with one attached hydrogen (secondary N) is 2. The van der Waals surface area contributed by atoms with Crippen LogP contribution in [0.1, 0.15) is 12.0 Å². The highest BCUT2D eigenvalue weighted by Gasteiger charge is 2.09. The van der Waals surface area contributed by atoms with Gasteiger partial charge in [-0.25, -0.2) is 0 Å².